The van der Waals surface area contributed by atoms with Crippen molar-refractivity contribution in [2.75, 3.05) is 31.2 Å². The number of rotatable bonds is 5. The molecule has 0 atom stereocenters. The number of carbonyl (C=O) groups excluding carboxylic acids is 1. The molecular weight excluding hydrogens is 296 g/mol. The summed E-state index contributed by atoms with van der Waals surface area (Å²) in [7, 11) is -3.72. The lowest BCUT2D eigenvalue weighted by molar-refractivity contribution is -0.118. The highest BCUT2D eigenvalue weighted by Gasteiger charge is 2.25. The number of hydrogen-bond donors (Lipinski definition) is 2. The topological polar surface area (TPSA) is 95.9 Å². The number of fused-ring (bicyclic) bond motifs is 1. The van der Waals surface area contributed by atoms with Crippen molar-refractivity contribution in [3.8, 4) is 5.75 Å². The van der Waals surface area contributed by atoms with Gasteiger partial charge in [0.15, 0.2) is 0 Å². The van der Waals surface area contributed by atoms with E-state index in [0.717, 1.165) is 0 Å². The van der Waals surface area contributed by atoms with Crippen molar-refractivity contribution in [2.24, 2.45) is 0 Å². The Bertz CT molecular complexity index is 629. The van der Waals surface area contributed by atoms with Gasteiger partial charge in [0.05, 0.1) is 23.7 Å². The number of anilines is 1. The number of amides is 1. The van der Waals surface area contributed by atoms with E-state index in [1.165, 1.54) is 23.1 Å². The van der Waals surface area contributed by atoms with Crippen LogP contribution in [0.15, 0.2) is 23.1 Å². The maximum atomic E-state index is 12.1. The van der Waals surface area contributed by atoms with Gasteiger partial charge in [0.25, 0.3) is 0 Å². The number of carbonyl (C=O) groups is 1. The van der Waals surface area contributed by atoms with Gasteiger partial charge in [0, 0.05) is 13.0 Å². The van der Waals surface area contributed by atoms with E-state index in [1.807, 2.05) is 0 Å². The van der Waals surface area contributed by atoms with Crippen molar-refractivity contribution in [1.29, 1.82) is 0 Å². The van der Waals surface area contributed by atoms with Gasteiger partial charge >= 0.3 is 0 Å². The molecule has 0 saturated heterocycles. The van der Waals surface area contributed by atoms with E-state index >= 15 is 0 Å². The molecule has 0 fully saturated rings. The summed E-state index contributed by atoms with van der Waals surface area (Å²) in [6, 6.07) is 4.37. The zero-order valence-corrected chi connectivity index (χ0v) is 12.5. The van der Waals surface area contributed by atoms with Crippen molar-refractivity contribution in [3.63, 3.8) is 0 Å². The molecule has 0 aliphatic carbocycles. The molecule has 1 aromatic rings. The number of aliphatic hydroxyl groups excluding tert-OH is 1. The van der Waals surface area contributed by atoms with Crippen molar-refractivity contribution < 1.29 is 23.1 Å². The Labute approximate surface area is 123 Å². The number of hydrogen-bond acceptors (Lipinski definition) is 5. The fourth-order valence-electron chi connectivity index (χ4n) is 2.08. The summed E-state index contributed by atoms with van der Waals surface area (Å²) in [5.74, 6) is 0.404. The molecule has 0 bridgehead atoms. The van der Waals surface area contributed by atoms with Crippen molar-refractivity contribution >= 4 is 21.6 Å². The maximum absolute atomic E-state index is 12.1. The van der Waals surface area contributed by atoms with E-state index in [2.05, 4.69) is 4.72 Å². The van der Waals surface area contributed by atoms with Crippen LogP contribution in [0.25, 0.3) is 0 Å². The number of benzene rings is 1. The Morgan fingerprint density at radius 3 is 2.90 bits per heavy atom. The summed E-state index contributed by atoms with van der Waals surface area (Å²) in [4.78, 5) is 13.5. The molecule has 1 aliphatic heterocycles. The van der Waals surface area contributed by atoms with Gasteiger partial charge in [0.1, 0.15) is 12.4 Å². The quantitative estimate of drug-likeness (QED) is 0.803. The fraction of sp³-hybridized carbons (Fsp3) is 0.462. The van der Waals surface area contributed by atoms with Crippen LogP contribution in [-0.4, -0.2) is 45.7 Å². The standard InChI is InChI=1S/C13H18N2O5S/c1-2-13(17)15-6-8-20-12-4-3-10(9-11(12)15)21(18,19)14-5-7-16/h3-4,9,14,16H,2,5-8H2,1H3. The molecule has 1 amide bonds. The maximum Gasteiger partial charge on any atom is 0.240 e. The zero-order valence-electron chi connectivity index (χ0n) is 11.7. The highest BCUT2D eigenvalue weighted by molar-refractivity contribution is 7.89. The molecule has 1 heterocycles. The number of ether oxygens (including phenoxy) is 1. The summed E-state index contributed by atoms with van der Waals surface area (Å²) in [6.07, 6.45) is 0.333. The van der Waals surface area contributed by atoms with Crippen LogP contribution >= 0.6 is 0 Å². The number of aliphatic hydroxyl groups is 1. The number of nitrogens with zero attached hydrogens (tertiary/aromatic N) is 1. The first-order valence-electron chi connectivity index (χ1n) is 6.67. The second-order valence-electron chi connectivity index (χ2n) is 4.50. The average molecular weight is 314 g/mol. The monoisotopic (exact) mass is 314 g/mol. The Hall–Kier alpha value is -1.64. The number of sulfonamides is 1. The first kappa shape index (κ1) is 15.7. The molecule has 2 rings (SSSR count). The lowest BCUT2D eigenvalue weighted by atomic mass is 10.2. The molecule has 0 radical (unpaired) electrons. The third-order valence-electron chi connectivity index (χ3n) is 3.11. The molecule has 1 aromatic carbocycles. The summed E-state index contributed by atoms with van der Waals surface area (Å²) in [6.45, 7) is 2.18. The van der Waals surface area contributed by atoms with Crippen molar-refractivity contribution in [3.05, 3.63) is 18.2 Å². The fourth-order valence-corrected chi connectivity index (χ4v) is 3.12. The largest absolute Gasteiger partial charge is 0.490 e. The van der Waals surface area contributed by atoms with E-state index in [-0.39, 0.29) is 24.0 Å². The van der Waals surface area contributed by atoms with E-state index in [9.17, 15) is 13.2 Å². The summed E-state index contributed by atoms with van der Waals surface area (Å²) >= 11 is 0. The molecule has 0 unspecified atom stereocenters. The molecule has 0 spiro atoms. The van der Waals surface area contributed by atoms with E-state index < -0.39 is 10.0 Å². The van der Waals surface area contributed by atoms with Gasteiger partial charge < -0.3 is 14.7 Å². The lowest BCUT2D eigenvalue weighted by Gasteiger charge is -2.29. The van der Waals surface area contributed by atoms with E-state index in [4.69, 9.17) is 9.84 Å². The van der Waals surface area contributed by atoms with Gasteiger partial charge in [-0.05, 0) is 18.2 Å². The van der Waals surface area contributed by atoms with Gasteiger partial charge in [-0.3, -0.25) is 4.79 Å². The summed E-state index contributed by atoms with van der Waals surface area (Å²) in [5, 5.41) is 8.72. The van der Waals surface area contributed by atoms with Crippen LogP contribution in [0, 0.1) is 0 Å². The van der Waals surface area contributed by atoms with E-state index in [1.54, 1.807) is 6.92 Å². The summed E-state index contributed by atoms with van der Waals surface area (Å²) < 4.78 is 31.8. The molecular formula is C13H18N2O5S. The Balaban J connectivity index is 2.39. The third kappa shape index (κ3) is 3.34. The zero-order chi connectivity index (χ0) is 15.5. The molecule has 0 saturated carbocycles. The number of nitrogens with one attached hydrogen (secondary N) is 1. The second-order valence-corrected chi connectivity index (χ2v) is 6.27. The minimum absolute atomic E-state index is 0.0362. The average Bonchev–Trinajstić information content (AvgIpc) is 2.51. The van der Waals surface area contributed by atoms with Crippen molar-refractivity contribution in [2.45, 2.75) is 18.2 Å². The molecule has 21 heavy (non-hydrogen) atoms. The lowest BCUT2D eigenvalue weighted by Crippen LogP contribution is -2.37. The van der Waals surface area contributed by atoms with Crippen LogP contribution in [0.5, 0.6) is 5.75 Å². The SMILES string of the molecule is CCC(=O)N1CCOc2ccc(S(=O)(=O)NCCO)cc21. The molecule has 2 N–H and O–H groups in total. The Morgan fingerprint density at radius 2 is 2.24 bits per heavy atom. The molecule has 116 valence electrons. The first-order chi connectivity index (χ1) is 9.99. The van der Waals surface area contributed by atoms with Gasteiger partial charge in [-0.1, -0.05) is 6.92 Å². The Morgan fingerprint density at radius 1 is 1.48 bits per heavy atom. The molecule has 8 heteroatoms. The molecule has 7 nitrogen and oxygen atoms in total. The van der Waals surface area contributed by atoms with Crippen LogP contribution in [-0.2, 0) is 14.8 Å². The van der Waals surface area contributed by atoms with Gasteiger partial charge in [-0.2, -0.15) is 0 Å². The predicted octanol–water partition coefficient (Wildman–Crippen LogP) is 0.0926. The molecule has 0 aromatic heterocycles. The summed E-state index contributed by atoms with van der Waals surface area (Å²) in [5.41, 5.74) is 0.458. The smallest absolute Gasteiger partial charge is 0.240 e. The van der Waals surface area contributed by atoms with Crippen LogP contribution in [0.3, 0.4) is 0 Å². The minimum Gasteiger partial charge on any atom is -0.490 e. The van der Waals surface area contributed by atoms with Crippen LogP contribution in [0.1, 0.15) is 13.3 Å². The normalized spacial score (nSPS) is 14.5. The van der Waals surface area contributed by atoms with Crippen LogP contribution in [0.2, 0.25) is 0 Å². The highest BCUT2D eigenvalue weighted by Crippen LogP contribution is 2.34. The van der Waals surface area contributed by atoms with Gasteiger partial charge in [0.2, 0.25) is 15.9 Å². The second kappa shape index (κ2) is 6.42. The molecule has 1 aliphatic rings. The van der Waals surface area contributed by atoms with Gasteiger partial charge in [-0.25, -0.2) is 13.1 Å². The van der Waals surface area contributed by atoms with E-state index in [0.29, 0.717) is 31.0 Å². The minimum atomic E-state index is -3.72. The van der Waals surface area contributed by atoms with Crippen LogP contribution in [0.4, 0.5) is 5.69 Å². The third-order valence-corrected chi connectivity index (χ3v) is 4.57. The Kier molecular flexibility index (Phi) is 4.81. The highest BCUT2D eigenvalue weighted by atomic mass is 32.2. The van der Waals surface area contributed by atoms with Crippen molar-refractivity contribution in [1.82, 2.24) is 4.72 Å². The van der Waals surface area contributed by atoms with Crippen LogP contribution < -0.4 is 14.4 Å². The first-order valence-corrected chi connectivity index (χ1v) is 8.15. The van der Waals surface area contributed by atoms with Gasteiger partial charge in [-0.15, -0.1) is 0 Å². The predicted molar refractivity (Wildman–Crippen MR) is 76.9 cm³/mol.